The number of hydrogen-bond acceptors (Lipinski definition) is 5. The molecule has 0 aliphatic carbocycles. The van der Waals surface area contributed by atoms with Crippen LogP contribution in [0.2, 0.25) is 0 Å². The summed E-state index contributed by atoms with van der Waals surface area (Å²) in [5.74, 6) is -0.411. The number of piperidine rings is 1. The summed E-state index contributed by atoms with van der Waals surface area (Å²) < 4.78 is 4.92. The summed E-state index contributed by atoms with van der Waals surface area (Å²) in [5, 5.41) is 11.8. The highest BCUT2D eigenvalue weighted by Crippen LogP contribution is 2.20. The van der Waals surface area contributed by atoms with Gasteiger partial charge in [-0.1, -0.05) is 0 Å². The molecule has 0 radical (unpaired) electrons. The number of likely N-dealkylation sites (tertiary alicyclic amines) is 1. The number of hydrogen-bond donors (Lipinski definition) is 2. The molecule has 1 aliphatic heterocycles. The van der Waals surface area contributed by atoms with Crippen LogP contribution >= 0.6 is 0 Å². The van der Waals surface area contributed by atoms with Crippen LogP contribution in [0.25, 0.3) is 0 Å². The Bertz CT molecular complexity index is 448. The van der Waals surface area contributed by atoms with Gasteiger partial charge < -0.3 is 9.52 Å². The first kappa shape index (κ1) is 14.7. The summed E-state index contributed by atoms with van der Waals surface area (Å²) in [6, 6.07) is 3.11. The monoisotopic (exact) mass is 280 g/mol. The van der Waals surface area contributed by atoms with Crippen molar-refractivity contribution in [3.8, 4) is 0 Å². The molecule has 1 unspecified atom stereocenters. The average molecular weight is 280 g/mol. The Morgan fingerprint density at radius 3 is 2.75 bits per heavy atom. The lowest BCUT2D eigenvalue weighted by Crippen LogP contribution is -2.44. The second-order valence-corrected chi connectivity index (χ2v) is 5.21. The SMILES string of the molecule is CC(O)C1CCN(CC(=O)NC(=O)c2ccco2)CC1. The molecular formula is C14H20N2O4. The van der Waals surface area contributed by atoms with Gasteiger partial charge in [0, 0.05) is 0 Å². The minimum Gasteiger partial charge on any atom is -0.459 e. The van der Waals surface area contributed by atoms with Crippen molar-refractivity contribution in [1.29, 1.82) is 0 Å². The molecule has 0 bridgehead atoms. The Morgan fingerprint density at radius 1 is 1.50 bits per heavy atom. The molecule has 1 aromatic heterocycles. The standard InChI is InChI=1S/C14H20N2O4/c1-10(17)11-4-6-16(7-5-11)9-13(18)15-14(19)12-3-2-8-20-12/h2-3,8,10-11,17H,4-7,9H2,1H3,(H,15,18,19). The Labute approximate surface area is 117 Å². The fourth-order valence-electron chi connectivity index (χ4n) is 2.43. The van der Waals surface area contributed by atoms with Gasteiger partial charge in [0.2, 0.25) is 5.91 Å². The molecule has 6 heteroatoms. The number of amides is 2. The molecule has 0 spiro atoms. The molecule has 1 fully saturated rings. The Morgan fingerprint density at radius 2 is 2.20 bits per heavy atom. The van der Waals surface area contributed by atoms with Crippen LogP contribution in [-0.4, -0.2) is 47.6 Å². The quantitative estimate of drug-likeness (QED) is 0.845. The zero-order valence-corrected chi connectivity index (χ0v) is 11.5. The summed E-state index contributed by atoms with van der Waals surface area (Å²) in [7, 11) is 0. The molecule has 0 aromatic carbocycles. The van der Waals surface area contributed by atoms with E-state index in [2.05, 4.69) is 5.32 Å². The van der Waals surface area contributed by atoms with Gasteiger partial charge in [0.05, 0.1) is 18.9 Å². The van der Waals surface area contributed by atoms with Gasteiger partial charge >= 0.3 is 0 Å². The maximum atomic E-state index is 11.8. The predicted octanol–water partition coefficient (Wildman–Crippen LogP) is 0.629. The van der Waals surface area contributed by atoms with E-state index in [-0.39, 0.29) is 24.3 Å². The second kappa shape index (κ2) is 6.67. The van der Waals surface area contributed by atoms with Gasteiger partial charge in [-0.3, -0.25) is 19.8 Å². The number of nitrogens with one attached hydrogen (secondary N) is 1. The van der Waals surface area contributed by atoms with Crippen molar-refractivity contribution < 1.29 is 19.1 Å². The number of imide groups is 1. The van der Waals surface area contributed by atoms with Crippen LogP contribution in [0.5, 0.6) is 0 Å². The number of furan rings is 1. The van der Waals surface area contributed by atoms with Gasteiger partial charge in [-0.15, -0.1) is 0 Å². The van der Waals surface area contributed by atoms with Gasteiger partial charge in [-0.05, 0) is 50.9 Å². The van der Waals surface area contributed by atoms with Crippen LogP contribution in [0.1, 0.15) is 30.3 Å². The van der Waals surface area contributed by atoms with Crippen LogP contribution in [0.15, 0.2) is 22.8 Å². The summed E-state index contributed by atoms with van der Waals surface area (Å²) in [5.41, 5.74) is 0. The van der Waals surface area contributed by atoms with E-state index in [0.29, 0.717) is 5.92 Å². The van der Waals surface area contributed by atoms with E-state index >= 15 is 0 Å². The molecule has 1 saturated heterocycles. The molecule has 6 nitrogen and oxygen atoms in total. The number of aliphatic hydroxyl groups excluding tert-OH is 1. The lowest BCUT2D eigenvalue weighted by atomic mass is 9.92. The number of carbonyl (C=O) groups excluding carboxylic acids is 2. The zero-order valence-electron chi connectivity index (χ0n) is 11.5. The first-order valence-corrected chi connectivity index (χ1v) is 6.84. The maximum absolute atomic E-state index is 11.8. The van der Waals surface area contributed by atoms with E-state index in [0.717, 1.165) is 25.9 Å². The smallest absolute Gasteiger partial charge is 0.293 e. The fourth-order valence-corrected chi connectivity index (χ4v) is 2.43. The van der Waals surface area contributed by atoms with Crippen LogP contribution in [0.3, 0.4) is 0 Å². The molecule has 2 amide bonds. The van der Waals surface area contributed by atoms with Gasteiger partial charge in [0.15, 0.2) is 5.76 Å². The van der Waals surface area contributed by atoms with E-state index in [1.807, 2.05) is 4.90 Å². The van der Waals surface area contributed by atoms with Gasteiger partial charge in [0.1, 0.15) is 0 Å². The largest absolute Gasteiger partial charge is 0.459 e. The summed E-state index contributed by atoms with van der Waals surface area (Å²) in [4.78, 5) is 25.4. The molecule has 0 saturated carbocycles. The molecule has 2 rings (SSSR count). The summed E-state index contributed by atoms with van der Waals surface area (Å²) in [6.45, 7) is 3.52. The van der Waals surface area contributed by atoms with Crippen LogP contribution < -0.4 is 5.32 Å². The van der Waals surface area contributed by atoms with Crippen LogP contribution in [0.4, 0.5) is 0 Å². The van der Waals surface area contributed by atoms with Crippen LogP contribution in [-0.2, 0) is 4.79 Å². The minimum absolute atomic E-state index is 0.131. The summed E-state index contributed by atoms with van der Waals surface area (Å²) in [6.07, 6.45) is 2.83. The van der Waals surface area contributed by atoms with E-state index in [9.17, 15) is 14.7 Å². The van der Waals surface area contributed by atoms with Crippen molar-refractivity contribution in [3.63, 3.8) is 0 Å². The van der Waals surface area contributed by atoms with Crippen molar-refractivity contribution in [3.05, 3.63) is 24.2 Å². The molecule has 110 valence electrons. The lowest BCUT2D eigenvalue weighted by Gasteiger charge is -2.32. The van der Waals surface area contributed by atoms with E-state index in [4.69, 9.17) is 4.42 Å². The predicted molar refractivity (Wildman–Crippen MR) is 72.0 cm³/mol. The third kappa shape index (κ3) is 3.91. The summed E-state index contributed by atoms with van der Waals surface area (Å²) >= 11 is 0. The third-order valence-corrected chi connectivity index (χ3v) is 3.68. The first-order chi connectivity index (χ1) is 9.56. The zero-order chi connectivity index (χ0) is 14.5. The Hall–Kier alpha value is -1.66. The maximum Gasteiger partial charge on any atom is 0.293 e. The number of aliphatic hydroxyl groups is 1. The molecule has 2 N–H and O–H groups in total. The molecule has 2 heterocycles. The van der Waals surface area contributed by atoms with Gasteiger partial charge in [-0.25, -0.2) is 0 Å². The lowest BCUT2D eigenvalue weighted by molar-refractivity contribution is -0.121. The van der Waals surface area contributed by atoms with Crippen molar-refractivity contribution >= 4 is 11.8 Å². The average Bonchev–Trinajstić information content (AvgIpc) is 2.93. The minimum atomic E-state index is -0.515. The highest BCUT2D eigenvalue weighted by atomic mass is 16.3. The van der Waals surface area contributed by atoms with Crippen LogP contribution in [0, 0.1) is 5.92 Å². The van der Waals surface area contributed by atoms with Gasteiger partial charge in [0.25, 0.3) is 5.91 Å². The molecule has 20 heavy (non-hydrogen) atoms. The van der Waals surface area contributed by atoms with Crippen molar-refractivity contribution in [2.45, 2.75) is 25.9 Å². The van der Waals surface area contributed by atoms with Crippen molar-refractivity contribution in [2.75, 3.05) is 19.6 Å². The highest BCUT2D eigenvalue weighted by Gasteiger charge is 2.24. The molecule has 1 aromatic rings. The third-order valence-electron chi connectivity index (χ3n) is 3.68. The van der Waals surface area contributed by atoms with Gasteiger partial charge in [-0.2, -0.15) is 0 Å². The molecule has 1 aliphatic rings. The highest BCUT2D eigenvalue weighted by molar-refractivity contribution is 6.03. The number of carbonyl (C=O) groups is 2. The van der Waals surface area contributed by atoms with Crippen molar-refractivity contribution in [2.24, 2.45) is 5.92 Å². The second-order valence-electron chi connectivity index (χ2n) is 5.21. The molecule has 1 atom stereocenters. The fraction of sp³-hybridized carbons (Fsp3) is 0.571. The first-order valence-electron chi connectivity index (χ1n) is 6.84. The molecular weight excluding hydrogens is 260 g/mol. The van der Waals surface area contributed by atoms with E-state index in [1.165, 1.54) is 12.3 Å². The Kier molecular flexibility index (Phi) is 4.92. The number of nitrogens with zero attached hydrogens (tertiary/aromatic N) is 1. The van der Waals surface area contributed by atoms with E-state index < -0.39 is 5.91 Å². The van der Waals surface area contributed by atoms with Crippen molar-refractivity contribution in [1.82, 2.24) is 10.2 Å². The normalized spacial score (nSPS) is 18.7. The Balaban J connectivity index is 1.74. The topological polar surface area (TPSA) is 82.8 Å². The number of rotatable bonds is 4. The van der Waals surface area contributed by atoms with E-state index in [1.54, 1.807) is 13.0 Å².